The molecule has 2 aliphatic heterocycles. The molecule has 3 aromatic rings. The second-order valence-corrected chi connectivity index (χ2v) is 9.21. The number of primary amides is 1. The monoisotopic (exact) mass is 476 g/mol. The minimum Gasteiger partial charge on any atom is -0.368 e. The molecule has 0 atom stereocenters. The van der Waals surface area contributed by atoms with Gasteiger partial charge in [0, 0.05) is 58.0 Å². The van der Waals surface area contributed by atoms with Crippen LogP contribution in [0.5, 0.6) is 0 Å². The first kappa shape index (κ1) is 23.0. The first-order valence-corrected chi connectivity index (χ1v) is 11.7. The number of nitrogens with two attached hydrogens (primary N) is 2. The molecule has 10 heteroatoms. The van der Waals surface area contributed by atoms with Crippen LogP contribution in [0.15, 0.2) is 36.5 Å². The molecule has 0 bridgehead atoms. The van der Waals surface area contributed by atoms with Crippen LogP contribution in [0.3, 0.4) is 0 Å². The van der Waals surface area contributed by atoms with E-state index < -0.39 is 5.91 Å². The molecule has 0 aliphatic carbocycles. The van der Waals surface area contributed by atoms with Gasteiger partial charge in [0.15, 0.2) is 0 Å². The third kappa shape index (κ3) is 5.02. The molecule has 0 unspecified atom stereocenters. The van der Waals surface area contributed by atoms with Crippen LogP contribution in [0.1, 0.15) is 32.7 Å². The molecule has 2 aliphatic rings. The van der Waals surface area contributed by atoms with Gasteiger partial charge in [0.05, 0.1) is 0 Å². The van der Waals surface area contributed by atoms with E-state index in [-0.39, 0.29) is 17.5 Å². The van der Waals surface area contributed by atoms with Crippen molar-refractivity contribution >= 4 is 23.5 Å². The number of piperazine rings is 1. The highest BCUT2D eigenvalue weighted by Crippen LogP contribution is 2.29. The lowest BCUT2D eigenvalue weighted by Crippen LogP contribution is -2.45. The van der Waals surface area contributed by atoms with E-state index in [1.807, 2.05) is 12.1 Å². The Labute approximate surface area is 203 Å². The molecule has 0 spiro atoms. The van der Waals surface area contributed by atoms with Crippen LogP contribution >= 0.6 is 0 Å². The summed E-state index contributed by atoms with van der Waals surface area (Å²) in [5.74, 6) is 1.07. The standard InChI is InChI=1S/C25H29FN8O/c1-32-6-8-33(9-7-32)22-13-23(31-25(28)30-22)34-5-4-17-12-20(26)18(11-19(17)15-34)10-16-2-3-21(24(27)35)29-14-16/h2-3,11-14H,4-10,15H2,1H3,(H2,27,35)(H2,28,30,31). The van der Waals surface area contributed by atoms with Crippen LogP contribution in [0.4, 0.5) is 22.0 Å². The molecule has 1 saturated heterocycles. The Bertz CT molecular complexity index is 1240. The molecule has 4 heterocycles. The number of pyridine rings is 1. The van der Waals surface area contributed by atoms with Crippen molar-refractivity contribution in [1.29, 1.82) is 0 Å². The summed E-state index contributed by atoms with van der Waals surface area (Å²) in [5, 5.41) is 0. The van der Waals surface area contributed by atoms with E-state index in [2.05, 4.69) is 36.7 Å². The smallest absolute Gasteiger partial charge is 0.267 e. The van der Waals surface area contributed by atoms with E-state index in [0.717, 1.165) is 67.5 Å². The number of halogens is 1. The minimum atomic E-state index is -0.585. The average Bonchev–Trinajstić information content (AvgIpc) is 2.84. The number of rotatable bonds is 5. The molecule has 0 radical (unpaired) electrons. The molecule has 4 N–H and O–H groups in total. The normalized spacial score (nSPS) is 16.3. The Morgan fingerprint density at radius 3 is 2.43 bits per heavy atom. The van der Waals surface area contributed by atoms with Crippen LogP contribution in [-0.2, 0) is 19.4 Å². The summed E-state index contributed by atoms with van der Waals surface area (Å²) in [6.07, 6.45) is 2.66. The minimum absolute atomic E-state index is 0.190. The van der Waals surface area contributed by atoms with Crippen LogP contribution < -0.4 is 21.3 Å². The highest BCUT2D eigenvalue weighted by atomic mass is 19.1. The van der Waals surface area contributed by atoms with Gasteiger partial charge in [-0.3, -0.25) is 9.78 Å². The predicted molar refractivity (Wildman–Crippen MR) is 133 cm³/mol. The largest absolute Gasteiger partial charge is 0.368 e. The molecule has 1 amide bonds. The number of amides is 1. The highest BCUT2D eigenvalue weighted by Gasteiger charge is 2.23. The zero-order valence-corrected chi connectivity index (χ0v) is 19.7. The molecule has 9 nitrogen and oxygen atoms in total. The SMILES string of the molecule is CN1CCN(c2cc(N3CCc4cc(F)c(Cc5ccc(C(N)=O)nc5)cc4C3)nc(N)n2)CC1. The Balaban J connectivity index is 1.36. The summed E-state index contributed by atoms with van der Waals surface area (Å²) in [4.78, 5) is 31.0. The number of likely N-dealkylation sites (N-methyl/N-ethyl adjacent to an activating group) is 1. The lowest BCUT2D eigenvalue weighted by Gasteiger charge is -2.34. The van der Waals surface area contributed by atoms with Gasteiger partial charge >= 0.3 is 0 Å². The van der Waals surface area contributed by atoms with E-state index in [4.69, 9.17) is 11.5 Å². The van der Waals surface area contributed by atoms with Crippen molar-refractivity contribution in [1.82, 2.24) is 19.9 Å². The Morgan fingerprint density at radius 1 is 1.00 bits per heavy atom. The molecule has 1 aromatic carbocycles. The van der Waals surface area contributed by atoms with Gasteiger partial charge < -0.3 is 26.2 Å². The van der Waals surface area contributed by atoms with Crippen molar-refractivity contribution in [3.8, 4) is 0 Å². The van der Waals surface area contributed by atoms with Gasteiger partial charge in [0.25, 0.3) is 5.91 Å². The fraction of sp³-hybridized carbons (Fsp3) is 0.360. The lowest BCUT2D eigenvalue weighted by molar-refractivity contribution is 0.0995. The Kier molecular flexibility index (Phi) is 6.21. The third-order valence-corrected chi connectivity index (χ3v) is 6.72. The molecule has 35 heavy (non-hydrogen) atoms. The number of hydrogen-bond donors (Lipinski definition) is 2. The second kappa shape index (κ2) is 9.46. The molecular weight excluding hydrogens is 447 g/mol. The van der Waals surface area contributed by atoms with E-state index in [1.165, 1.54) is 0 Å². The zero-order chi connectivity index (χ0) is 24.5. The molecule has 5 rings (SSSR count). The molecule has 182 valence electrons. The summed E-state index contributed by atoms with van der Waals surface area (Å²) in [6.45, 7) is 5.08. The number of nitrogen functional groups attached to an aromatic ring is 1. The average molecular weight is 477 g/mol. The summed E-state index contributed by atoms with van der Waals surface area (Å²) >= 11 is 0. The molecule has 1 fully saturated rings. The van der Waals surface area contributed by atoms with Crippen LogP contribution in [0, 0.1) is 5.82 Å². The molecular formula is C25H29FN8O. The van der Waals surface area contributed by atoms with E-state index in [1.54, 1.807) is 24.4 Å². The van der Waals surface area contributed by atoms with Crippen LogP contribution in [0.25, 0.3) is 0 Å². The quantitative estimate of drug-likeness (QED) is 0.570. The molecule has 2 aromatic heterocycles. The number of fused-ring (bicyclic) bond motifs is 1. The summed E-state index contributed by atoms with van der Waals surface area (Å²) < 4.78 is 14.9. The van der Waals surface area contributed by atoms with E-state index >= 15 is 0 Å². The van der Waals surface area contributed by atoms with Gasteiger partial charge in [-0.25, -0.2) is 4.39 Å². The maximum atomic E-state index is 14.9. The summed E-state index contributed by atoms with van der Waals surface area (Å²) in [5.41, 5.74) is 15.0. The van der Waals surface area contributed by atoms with Crippen LogP contribution in [0.2, 0.25) is 0 Å². The maximum absolute atomic E-state index is 14.9. The van der Waals surface area contributed by atoms with Crippen molar-refractivity contribution in [2.24, 2.45) is 5.73 Å². The van der Waals surface area contributed by atoms with Gasteiger partial charge in [0.1, 0.15) is 23.1 Å². The summed E-state index contributed by atoms with van der Waals surface area (Å²) in [7, 11) is 2.12. The van der Waals surface area contributed by atoms with Gasteiger partial charge in [-0.1, -0.05) is 12.1 Å². The van der Waals surface area contributed by atoms with Gasteiger partial charge in [0.2, 0.25) is 5.95 Å². The number of carbonyl (C=O) groups is 1. The van der Waals surface area contributed by atoms with Crippen molar-refractivity contribution in [3.63, 3.8) is 0 Å². The number of benzene rings is 1. The number of aromatic nitrogens is 3. The topological polar surface area (TPSA) is 118 Å². The van der Waals surface area contributed by atoms with Crippen molar-refractivity contribution in [3.05, 3.63) is 70.3 Å². The van der Waals surface area contributed by atoms with Gasteiger partial charge in [-0.2, -0.15) is 9.97 Å². The Morgan fingerprint density at radius 2 is 1.74 bits per heavy atom. The lowest BCUT2D eigenvalue weighted by atomic mass is 9.94. The van der Waals surface area contributed by atoms with Crippen LogP contribution in [-0.4, -0.2) is 65.5 Å². The Hall–Kier alpha value is -3.79. The van der Waals surface area contributed by atoms with E-state index in [9.17, 15) is 9.18 Å². The zero-order valence-electron chi connectivity index (χ0n) is 19.7. The van der Waals surface area contributed by atoms with E-state index in [0.29, 0.717) is 18.5 Å². The van der Waals surface area contributed by atoms with Gasteiger partial charge in [-0.05, 0) is 47.9 Å². The number of nitrogens with zero attached hydrogens (tertiary/aromatic N) is 6. The van der Waals surface area contributed by atoms with Crippen molar-refractivity contribution in [2.45, 2.75) is 19.4 Å². The van der Waals surface area contributed by atoms with Gasteiger partial charge in [-0.15, -0.1) is 0 Å². The number of anilines is 3. The third-order valence-electron chi connectivity index (χ3n) is 6.72. The van der Waals surface area contributed by atoms with Crippen molar-refractivity contribution in [2.75, 3.05) is 55.3 Å². The fourth-order valence-electron chi connectivity index (χ4n) is 4.66. The van der Waals surface area contributed by atoms with Crippen molar-refractivity contribution < 1.29 is 9.18 Å². The number of carbonyl (C=O) groups excluding carboxylic acids is 1. The maximum Gasteiger partial charge on any atom is 0.267 e. The first-order chi connectivity index (χ1) is 16.9. The summed E-state index contributed by atoms with van der Waals surface area (Å²) in [6, 6.07) is 8.88. The highest BCUT2D eigenvalue weighted by molar-refractivity contribution is 5.90. The predicted octanol–water partition coefficient (Wildman–Crippen LogP) is 1.60. The fourth-order valence-corrected chi connectivity index (χ4v) is 4.66. The second-order valence-electron chi connectivity index (χ2n) is 9.21. The number of hydrogen-bond acceptors (Lipinski definition) is 8. The first-order valence-electron chi connectivity index (χ1n) is 11.7. The molecule has 0 saturated carbocycles.